The molecule has 240 valence electrons. The molecule has 0 aliphatic carbocycles. The van der Waals surface area contributed by atoms with Crippen LogP contribution in [0.2, 0.25) is 0 Å². The lowest BCUT2D eigenvalue weighted by Gasteiger charge is -2.30. The van der Waals surface area contributed by atoms with Crippen LogP contribution in [0.3, 0.4) is 0 Å². The Labute approximate surface area is 264 Å². The summed E-state index contributed by atoms with van der Waals surface area (Å²) in [6.07, 6.45) is 1.31. The Morgan fingerprint density at radius 1 is 0.957 bits per heavy atom. The summed E-state index contributed by atoms with van der Waals surface area (Å²) in [6.45, 7) is 4.91. The highest BCUT2D eigenvalue weighted by atomic mass is 19.4. The summed E-state index contributed by atoms with van der Waals surface area (Å²) in [5.41, 5.74) is 2.18. The summed E-state index contributed by atoms with van der Waals surface area (Å²) < 4.78 is 63.0. The maximum Gasteiger partial charge on any atom is 0.416 e. The molecule has 6 rings (SSSR count). The molecular weight excluding hydrogens is 601 g/mol. The van der Waals surface area contributed by atoms with Crippen LogP contribution >= 0.6 is 0 Å². The average Bonchev–Trinajstić information content (AvgIpc) is 3.07. The van der Waals surface area contributed by atoms with Crippen molar-refractivity contribution in [3.8, 4) is 28.5 Å². The summed E-state index contributed by atoms with van der Waals surface area (Å²) in [4.78, 5) is 24.1. The minimum absolute atomic E-state index is 0.114. The number of nitrogens with zero attached hydrogens (tertiary/aromatic N) is 3. The second kappa shape index (κ2) is 13.8. The number of morpholine rings is 1. The molecule has 1 atom stereocenters. The normalized spacial score (nSPS) is 17.0. The van der Waals surface area contributed by atoms with E-state index in [2.05, 4.69) is 20.2 Å². The zero-order valence-corrected chi connectivity index (χ0v) is 25.2. The van der Waals surface area contributed by atoms with Crippen LogP contribution in [0.4, 0.5) is 24.5 Å². The molecule has 0 radical (unpaired) electrons. The summed E-state index contributed by atoms with van der Waals surface area (Å²) in [5.74, 6) is 1.01. The summed E-state index contributed by atoms with van der Waals surface area (Å²) in [5, 5.41) is 2.67. The van der Waals surface area contributed by atoms with E-state index in [-0.39, 0.29) is 11.9 Å². The number of anilines is 2. The Kier molecular flexibility index (Phi) is 9.36. The molecule has 2 aromatic heterocycles. The molecular formula is C34H33F3N4O5. The predicted octanol–water partition coefficient (Wildman–Crippen LogP) is 7.26. The van der Waals surface area contributed by atoms with Gasteiger partial charge in [0, 0.05) is 48.1 Å². The fourth-order valence-corrected chi connectivity index (χ4v) is 5.28. The van der Waals surface area contributed by atoms with Crippen LogP contribution < -0.4 is 19.7 Å². The van der Waals surface area contributed by atoms with Gasteiger partial charge in [-0.05, 0) is 74.4 Å². The maximum absolute atomic E-state index is 13.2. The monoisotopic (exact) mass is 634 g/mol. The summed E-state index contributed by atoms with van der Waals surface area (Å²) in [6, 6.07) is 15.3. The van der Waals surface area contributed by atoms with Crippen molar-refractivity contribution in [2.24, 2.45) is 0 Å². The molecule has 1 unspecified atom stereocenters. The highest BCUT2D eigenvalue weighted by Crippen LogP contribution is 2.37. The SMILES string of the molecule is Cc1ncc(NC(=O)c2cccc(C(F)(F)F)c2)cc1-c1cnc(Oc2ccc(OC3CCCCO3)cc2)c(N2CCOCC2)c1. The molecule has 1 N–H and O–H groups in total. The maximum atomic E-state index is 13.2. The first kappa shape index (κ1) is 31.3. The number of aromatic nitrogens is 2. The van der Waals surface area contributed by atoms with Crippen LogP contribution in [-0.4, -0.2) is 55.1 Å². The van der Waals surface area contributed by atoms with E-state index in [4.69, 9.17) is 18.9 Å². The van der Waals surface area contributed by atoms with Gasteiger partial charge in [0.15, 0.2) is 6.29 Å². The number of hydrogen-bond donors (Lipinski definition) is 1. The molecule has 4 aromatic rings. The highest BCUT2D eigenvalue weighted by Gasteiger charge is 2.31. The first-order chi connectivity index (χ1) is 22.2. The Bertz CT molecular complexity index is 1670. The first-order valence-electron chi connectivity index (χ1n) is 15.1. The Morgan fingerprint density at radius 3 is 2.48 bits per heavy atom. The highest BCUT2D eigenvalue weighted by molar-refractivity contribution is 6.04. The van der Waals surface area contributed by atoms with E-state index in [0.717, 1.165) is 42.6 Å². The van der Waals surface area contributed by atoms with Gasteiger partial charge in [0.25, 0.3) is 5.91 Å². The lowest BCUT2D eigenvalue weighted by molar-refractivity contribution is -0.137. The van der Waals surface area contributed by atoms with Crippen molar-refractivity contribution in [1.82, 2.24) is 9.97 Å². The van der Waals surface area contributed by atoms with Gasteiger partial charge >= 0.3 is 6.18 Å². The number of ether oxygens (including phenoxy) is 4. The number of aryl methyl sites for hydroxylation is 1. The Hall–Kier alpha value is -4.68. The standard InChI is InChI=1S/C34H33F3N4O5/c1-22-29(19-26(21-38-22)40-32(42)23-5-4-6-25(17-23)34(35,36)37)24-18-30(41-12-15-43-16-13-41)33(39-20-24)46-28-10-8-27(9-11-28)45-31-7-2-3-14-44-31/h4-6,8-11,17-21,31H,2-3,7,12-16H2,1H3,(H,40,42). The molecule has 12 heteroatoms. The lowest BCUT2D eigenvalue weighted by atomic mass is 10.0. The quantitative estimate of drug-likeness (QED) is 0.217. The van der Waals surface area contributed by atoms with Crippen LogP contribution in [0.25, 0.3) is 11.1 Å². The minimum Gasteiger partial charge on any atom is -0.465 e. The van der Waals surface area contributed by atoms with Crippen molar-refractivity contribution in [2.45, 2.75) is 38.7 Å². The van der Waals surface area contributed by atoms with Gasteiger partial charge in [-0.15, -0.1) is 0 Å². The molecule has 4 heterocycles. The molecule has 2 fully saturated rings. The van der Waals surface area contributed by atoms with E-state index in [9.17, 15) is 18.0 Å². The van der Waals surface area contributed by atoms with E-state index in [0.29, 0.717) is 67.2 Å². The molecule has 0 spiro atoms. The fraction of sp³-hybridized carbons (Fsp3) is 0.324. The van der Waals surface area contributed by atoms with E-state index in [1.165, 1.54) is 18.3 Å². The van der Waals surface area contributed by atoms with Crippen molar-refractivity contribution in [2.75, 3.05) is 43.1 Å². The van der Waals surface area contributed by atoms with Gasteiger partial charge in [-0.2, -0.15) is 13.2 Å². The third kappa shape index (κ3) is 7.57. The number of rotatable bonds is 8. The number of halogens is 3. The van der Waals surface area contributed by atoms with E-state index >= 15 is 0 Å². The van der Waals surface area contributed by atoms with Crippen LogP contribution in [0, 0.1) is 6.92 Å². The van der Waals surface area contributed by atoms with E-state index < -0.39 is 17.6 Å². The number of alkyl halides is 3. The number of nitrogens with one attached hydrogen (secondary N) is 1. The van der Waals surface area contributed by atoms with E-state index in [1.807, 2.05) is 37.3 Å². The van der Waals surface area contributed by atoms with E-state index in [1.54, 1.807) is 12.3 Å². The number of carbonyl (C=O) groups excluding carboxylic acids is 1. The number of carbonyl (C=O) groups is 1. The molecule has 2 aromatic carbocycles. The zero-order chi connectivity index (χ0) is 32.1. The summed E-state index contributed by atoms with van der Waals surface area (Å²) >= 11 is 0. The van der Waals surface area contributed by atoms with Crippen molar-refractivity contribution in [3.63, 3.8) is 0 Å². The molecule has 2 saturated heterocycles. The predicted molar refractivity (Wildman–Crippen MR) is 165 cm³/mol. The van der Waals surface area contributed by atoms with Crippen LogP contribution in [0.5, 0.6) is 17.4 Å². The molecule has 2 aliphatic rings. The van der Waals surface area contributed by atoms with Gasteiger partial charge in [0.1, 0.15) is 17.2 Å². The lowest BCUT2D eigenvalue weighted by Crippen LogP contribution is -2.36. The molecule has 0 saturated carbocycles. The Morgan fingerprint density at radius 2 is 1.74 bits per heavy atom. The van der Waals surface area contributed by atoms with Crippen molar-refractivity contribution < 1.29 is 36.9 Å². The molecule has 46 heavy (non-hydrogen) atoms. The summed E-state index contributed by atoms with van der Waals surface area (Å²) in [7, 11) is 0. The second-order valence-corrected chi connectivity index (χ2v) is 11.0. The van der Waals surface area contributed by atoms with Crippen LogP contribution in [0.1, 0.15) is 40.9 Å². The van der Waals surface area contributed by atoms with Gasteiger partial charge in [0.05, 0.1) is 37.3 Å². The largest absolute Gasteiger partial charge is 0.465 e. The molecule has 0 bridgehead atoms. The number of pyridine rings is 2. The molecule has 2 aliphatic heterocycles. The third-order valence-corrected chi connectivity index (χ3v) is 7.74. The van der Waals surface area contributed by atoms with Gasteiger partial charge in [-0.25, -0.2) is 4.98 Å². The first-order valence-corrected chi connectivity index (χ1v) is 15.1. The number of hydrogen-bond acceptors (Lipinski definition) is 8. The smallest absolute Gasteiger partial charge is 0.416 e. The van der Waals surface area contributed by atoms with Gasteiger partial charge in [0.2, 0.25) is 5.88 Å². The third-order valence-electron chi connectivity index (χ3n) is 7.74. The zero-order valence-electron chi connectivity index (χ0n) is 25.2. The topological polar surface area (TPSA) is 95.0 Å². The average molecular weight is 635 g/mol. The molecule has 1 amide bonds. The van der Waals surface area contributed by atoms with Gasteiger partial charge in [-0.1, -0.05) is 6.07 Å². The van der Waals surface area contributed by atoms with Crippen molar-refractivity contribution in [1.29, 1.82) is 0 Å². The fourth-order valence-electron chi connectivity index (χ4n) is 5.28. The van der Waals surface area contributed by atoms with Crippen LogP contribution in [-0.2, 0) is 15.7 Å². The Balaban J connectivity index is 1.23. The molecule has 9 nitrogen and oxygen atoms in total. The van der Waals surface area contributed by atoms with Crippen molar-refractivity contribution in [3.05, 3.63) is 89.9 Å². The van der Waals surface area contributed by atoms with Gasteiger partial charge < -0.3 is 29.2 Å². The number of benzene rings is 2. The minimum atomic E-state index is -4.56. The van der Waals surface area contributed by atoms with Crippen molar-refractivity contribution >= 4 is 17.3 Å². The van der Waals surface area contributed by atoms with Gasteiger partial charge in [-0.3, -0.25) is 9.78 Å². The number of amides is 1. The second-order valence-electron chi connectivity index (χ2n) is 11.0. The van der Waals surface area contributed by atoms with Crippen LogP contribution in [0.15, 0.2) is 73.1 Å².